The van der Waals surface area contributed by atoms with E-state index in [2.05, 4.69) is 4.90 Å². The second-order valence-electron chi connectivity index (χ2n) is 5.00. The molecule has 1 aromatic rings. The predicted molar refractivity (Wildman–Crippen MR) is 77.2 cm³/mol. The quantitative estimate of drug-likeness (QED) is 0.803. The Morgan fingerprint density at radius 1 is 1.32 bits per heavy atom. The van der Waals surface area contributed by atoms with Crippen molar-refractivity contribution in [1.82, 2.24) is 4.90 Å². The average Bonchev–Trinajstić information content (AvgIpc) is 2.26. The second kappa shape index (κ2) is 6.23. The van der Waals surface area contributed by atoms with E-state index in [1.54, 1.807) is 18.2 Å². The highest BCUT2D eigenvalue weighted by Gasteiger charge is 2.24. The van der Waals surface area contributed by atoms with Gasteiger partial charge in [0, 0.05) is 23.7 Å². The molecule has 1 fully saturated rings. The fourth-order valence-corrected chi connectivity index (χ4v) is 2.93. The summed E-state index contributed by atoms with van der Waals surface area (Å²) in [7, 11) is 0. The molecule has 104 valence electrons. The Kier molecular flexibility index (Phi) is 4.85. The lowest BCUT2D eigenvalue weighted by atomic mass is 10.1. The summed E-state index contributed by atoms with van der Waals surface area (Å²) in [4.78, 5) is 14.4. The molecule has 1 aliphatic heterocycles. The van der Waals surface area contributed by atoms with Gasteiger partial charge in [-0.05, 0) is 32.0 Å². The van der Waals surface area contributed by atoms with Gasteiger partial charge in [0.2, 0.25) is 0 Å². The maximum absolute atomic E-state index is 12.2. The van der Waals surface area contributed by atoms with Crippen molar-refractivity contribution in [2.24, 2.45) is 0 Å². The zero-order chi connectivity index (χ0) is 14.0. The summed E-state index contributed by atoms with van der Waals surface area (Å²) in [5, 5.41) is 0.946. The van der Waals surface area contributed by atoms with Gasteiger partial charge in [-0.3, -0.25) is 9.69 Å². The Balaban J connectivity index is 2.04. The van der Waals surface area contributed by atoms with E-state index in [1.165, 1.54) is 0 Å². The first-order valence-corrected chi connectivity index (χ1v) is 7.07. The van der Waals surface area contributed by atoms with E-state index in [4.69, 9.17) is 27.9 Å². The highest BCUT2D eigenvalue weighted by Crippen LogP contribution is 2.22. The summed E-state index contributed by atoms with van der Waals surface area (Å²) in [6, 6.07) is 4.96. The zero-order valence-corrected chi connectivity index (χ0v) is 12.5. The van der Waals surface area contributed by atoms with Crippen LogP contribution in [-0.2, 0) is 4.74 Å². The van der Waals surface area contributed by atoms with Crippen molar-refractivity contribution in [2.45, 2.75) is 26.1 Å². The number of ketones is 1. The van der Waals surface area contributed by atoms with Crippen LogP contribution >= 0.6 is 23.2 Å². The molecule has 0 saturated carbocycles. The number of morpholine rings is 1. The fourth-order valence-electron chi connectivity index (χ4n) is 2.42. The SMILES string of the molecule is C[C@@H]1CN(CC(=O)c2ccc(Cl)cc2Cl)C[C@H](C)O1. The average molecular weight is 302 g/mol. The molecule has 5 heteroatoms. The van der Waals surface area contributed by atoms with E-state index in [0.717, 1.165) is 13.1 Å². The first kappa shape index (κ1) is 14.8. The third-order valence-corrected chi connectivity index (χ3v) is 3.64. The number of carbonyl (C=O) groups excluding carboxylic acids is 1. The van der Waals surface area contributed by atoms with Crippen LogP contribution in [-0.4, -0.2) is 42.5 Å². The molecule has 19 heavy (non-hydrogen) atoms. The molecule has 0 aromatic heterocycles. The van der Waals surface area contributed by atoms with Crippen molar-refractivity contribution in [2.75, 3.05) is 19.6 Å². The van der Waals surface area contributed by atoms with Gasteiger partial charge in [-0.1, -0.05) is 23.2 Å². The molecule has 0 aliphatic carbocycles. The number of hydrogen-bond donors (Lipinski definition) is 0. The number of Topliss-reactive ketones (excluding diaryl/α,β-unsaturated/α-hetero) is 1. The molecule has 0 radical (unpaired) electrons. The molecule has 0 amide bonds. The van der Waals surface area contributed by atoms with Crippen molar-refractivity contribution >= 4 is 29.0 Å². The van der Waals surface area contributed by atoms with Gasteiger partial charge < -0.3 is 4.74 Å². The topological polar surface area (TPSA) is 29.5 Å². The molecule has 0 unspecified atom stereocenters. The smallest absolute Gasteiger partial charge is 0.178 e. The number of halogens is 2. The largest absolute Gasteiger partial charge is 0.373 e. The lowest BCUT2D eigenvalue weighted by Gasteiger charge is -2.34. The summed E-state index contributed by atoms with van der Waals surface area (Å²) in [5.74, 6) is 0.0166. The van der Waals surface area contributed by atoms with Crippen LogP contribution in [0, 0.1) is 0 Å². The van der Waals surface area contributed by atoms with Gasteiger partial charge in [0.25, 0.3) is 0 Å². The molecule has 1 aromatic carbocycles. The number of benzene rings is 1. The van der Waals surface area contributed by atoms with Gasteiger partial charge in [0.15, 0.2) is 5.78 Å². The lowest BCUT2D eigenvalue weighted by Crippen LogP contribution is -2.47. The van der Waals surface area contributed by atoms with E-state index in [0.29, 0.717) is 22.2 Å². The molecule has 1 heterocycles. The number of ether oxygens (including phenoxy) is 1. The lowest BCUT2D eigenvalue weighted by molar-refractivity contribution is -0.0652. The Hall–Kier alpha value is -0.610. The Bertz CT molecular complexity index is 469. The van der Waals surface area contributed by atoms with Gasteiger partial charge in [0.05, 0.1) is 23.8 Å². The van der Waals surface area contributed by atoms with Crippen LogP contribution in [0.15, 0.2) is 18.2 Å². The highest BCUT2D eigenvalue weighted by molar-refractivity contribution is 6.36. The molecule has 2 rings (SSSR count). The van der Waals surface area contributed by atoms with Crippen LogP contribution in [0.25, 0.3) is 0 Å². The van der Waals surface area contributed by atoms with Gasteiger partial charge in [-0.15, -0.1) is 0 Å². The van der Waals surface area contributed by atoms with E-state index in [1.807, 2.05) is 13.8 Å². The maximum Gasteiger partial charge on any atom is 0.178 e. The minimum Gasteiger partial charge on any atom is -0.373 e. The first-order valence-electron chi connectivity index (χ1n) is 6.31. The molecule has 3 nitrogen and oxygen atoms in total. The van der Waals surface area contributed by atoms with Crippen LogP contribution in [0.4, 0.5) is 0 Å². The minimum absolute atomic E-state index is 0.0166. The normalized spacial score (nSPS) is 24.4. The summed E-state index contributed by atoms with van der Waals surface area (Å²) in [5.41, 5.74) is 0.526. The highest BCUT2D eigenvalue weighted by atomic mass is 35.5. The molecule has 0 bridgehead atoms. The van der Waals surface area contributed by atoms with Crippen LogP contribution < -0.4 is 0 Å². The van der Waals surface area contributed by atoms with Crippen LogP contribution in [0.1, 0.15) is 24.2 Å². The first-order chi connectivity index (χ1) is 8.95. The Morgan fingerprint density at radius 2 is 1.95 bits per heavy atom. The van der Waals surface area contributed by atoms with Gasteiger partial charge >= 0.3 is 0 Å². The van der Waals surface area contributed by atoms with Gasteiger partial charge in [-0.25, -0.2) is 0 Å². The van der Waals surface area contributed by atoms with Crippen molar-refractivity contribution in [3.05, 3.63) is 33.8 Å². The van der Waals surface area contributed by atoms with Crippen molar-refractivity contribution < 1.29 is 9.53 Å². The molecule has 1 saturated heterocycles. The number of carbonyl (C=O) groups is 1. The summed E-state index contributed by atoms with van der Waals surface area (Å²) in [6.45, 7) is 5.92. The molecule has 0 N–H and O–H groups in total. The van der Waals surface area contributed by atoms with Crippen LogP contribution in [0.2, 0.25) is 10.0 Å². The summed E-state index contributed by atoms with van der Waals surface area (Å²) < 4.78 is 5.65. The minimum atomic E-state index is 0.0166. The number of rotatable bonds is 3. The van der Waals surface area contributed by atoms with Gasteiger partial charge in [0.1, 0.15) is 0 Å². The molecular weight excluding hydrogens is 285 g/mol. The van der Waals surface area contributed by atoms with Gasteiger partial charge in [-0.2, -0.15) is 0 Å². The monoisotopic (exact) mass is 301 g/mol. The molecule has 0 spiro atoms. The number of nitrogens with zero attached hydrogens (tertiary/aromatic N) is 1. The van der Waals surface area contributed by atoms with E-state index in [-0.39, 0.29) is 18.0 Å². The van der Waals surface area contributed by atoms with Crippen molar-refractivity contribution in [1.29, 1.82) is 0 Å². The number of hydrogen-bond acceptors (Lipinski definition) is 3. The van der Waals surface area contributed by atoms with E-state index < -0.39 is 0 Å². The van der Waals surface area contributed by atoms with Crippen molar-refractivity contribution in [3.63, 3.8) is 0 Å². The van der Waals surface area contributed by atoms with Crippen LogP contribution in [0.5, 0.6) is 0 Å². The van der Waals surface area contributed by atoms with E-state index in [9.17, 15) is 4.79 Å². The summed E-state index contributed by atoms with van der Waals surface area (Å²) in [6.07, 6.45) is 0.300. The van der Waals surface area contributed by atoms with Crippen LogP contribution in [0.3, 0.4) is 0 Å². The Morgan fingerprint density at radius 3 is 2.53 bits per heavy atom. The molecule has 1 aliphatic rings. The fraction of sp³-hybridized carbons (Fsp3) is 0.500. The predicted octanol–water partition coefficient (Wildman–Crippen LogP) is 3.29. The zero-order valence-electron chi connectivity index (χ0n) is 11.0. The van der Waals surface area contributed by atoms with Crippen molar-refractivity contribution in [3.8, 4) is 0 Å². The molecule has 2 atom stereocenters. The second-order valence-corrected chi connectivity index (χ2v) is 5.84. The third-order valence-electron chi connectivity index (χ3n) is 3.09. The molecular formula is C14H17Cl2NO2. The maximum atomic E-state index is 12.2. The van der Waals surface area contributed by atoms with E-state index >= 15 is 0 Å². The standard InChI is InChI=1S/C14H17Cl2NO2/c1-9-6-17(7-10(2)19-9)8-14(18)12-4-3-11(15)5-13(12)16/h3-5,9-10H,6-8H2,1-2H3/t9-,10+. The third kappa shape index (κ3) is 3.93. The Labute approximate surface area is 123 Å². The summed E-state index contributed by atoms with van der Waals surface area (Å²) >= 11 is 11.9.